The molecule has 0 saturated carbocycles. The molecule has 0 aromatic heterocycles. The molecule has 0 aliphatic carbocycles. The van der Waals surface area contributed by atoms with Gasteiger partial charge in [-0.1, -0.05) is 17.7 Å². The number of ether oxygens (including phenoxy) is 1. The van der Waals surface area contributed by atoms with Crippen molar-refractivity contribution in [3.63, 3.8) is 0 Å². The summed E-state index contributed by atoms with van der Waals surface area (Å²) < 4.78 is 5.27. The molecule has 1 aromatic carbocycles. The summed E-state index contributed by atoms with van der Waals surface area (Å²) in [6.07, 6.45) is 1.02. The van der Waals surface area contributed by atoms with Crippen molar-refractivity contribution in [1.82, 2.24) is 10.2 Å². The summed E-state index contributed by atoms with van der Waals surface area (Å²) in [5.74, 6) is -0.190. The van der Waals surface area contributed by atoms with E-state index in [2.05, 4.69) is 5.32 Å². The molecule has 3 rings (SSSR count). The minimum atomic E-state index is -0.798. The minimum absolute atomic E-state index is 0.189. The maximum Gasteiger partial charge on any atom is 0.325 e. The zero-order valence-corrected chi connectivity index (χ0v) is 12.2. The third kappa shape index (κ3) is 2.45. The first-order valence-corrected chi connectivity index (χ1v) is 7.15. The third-order valence-corrected chi connectivity index (χ3v) is 4.34. The highest BCUT2D eigenvalue weighted by Crippen LogP contribution is 2.30. The van der Waals surface area contributed by atoms with E-state index >= 15 is 0 Å². The van der Waals surface area contributed by atoms with Crippen molar-refractivity contribution in [2.45, 2.75) is 24.9 Å². The summed E-state index contributed by atoms with van der Waals surface area (Å²) in [7, 11) is 0. The number of hydrogen-bond acceptors (Lipinski definition) is 4. The number of urea groups is 1. The first-order valence-electron chi connectivity index (χ1n) is 6.78. The van der Waals surface area contributed by atoms with Gasteiger partial charge in [0.05, 0.1) is 17.3 Å². The van der Waals surface area contributed by atoms with Crippen molar-refractivity contribution in [2.24, 2.45) is 0 Å². The number of hydrogen-bond donors (Lipinski definition) is 2. The highest BCUT2D eigenvalue weighted by molar-refractivity contribution is 6.33. The molecule has 21 heavy (non-hydrogen) atoms. The summed E-state index contributed by atoms with van der Waals surface area (Å²) in [5.41, 5.74) is 6.15. The molecule has 2 aliphatic heterocycles. The molecule has 2 aliphatic rings. The Balaban J connectivity index is 1.80. The lowest BCUT2D eigenvalue weighted by Gasteiger charge is -2.30. The maximum atomic E-state index is 12.6. The van der Waals surface area contributed by atoms with E-state index in [1.54, 1.807) is 18.2 Å². The number of nitrogens with two attached hydrogens (primary N) is 1. The van der Waals surface area contributed by atoms with Crippen molar-refractivity contribution in [1.29, 1.82) is 0 Å². The van der Waals surface area contributed by atoms with Crippen LogP contribution < -0.4 is 11.1 Å². The number of nitrogen functional groups attached to an aromatic ring is 1. The van der Waals surface area contributed by atoms with Crippen molar-refractivity contribution < 1.29 is 14.3 Å². The zero-order chi connectivity index (χ0) is 15.0. The second-order valence-electron chi connectivity index (χ2n) is 5.37. The van der Waals surface area contributed by atoms with Crippen LogP contribution in [-0.4, -0.2) is 35.6 Å². The molecule has 0 radical (unpaired) electrons. The van der Waals surface area contributed by atoms with Crippen LogP contribution in [0.3, 0.4) is 0 Å². The third-order valence-electron chi connectivity index (χ3n) is 3.99. The maximum absolute atomic E-state index is 12.6. The molecular formula is C14H16ClN3O3. The predicted octanol–water partition coefficient (Wildman–Crippen LogP) is 1.52. The van der Waals surface area contributed by atoms with Crippen LogP contribution in [0.25, 0.3) is 0 Å². The van der Waals surface area contributed by atoms with Crippen LogP contribution in [0.15, 0.2) is 18.2 Å². The van der Waals surface area contributed by atoms with Gasteiger partial charge in [-0.25, -0.2) is 4.79 Å². The molecule has 6 nitrogen and oxygen atoms in total. The molecule has 3 amide bonds. The van der Waals surface area contributed by atoms with E-state index in [1.165, 1.54) is 4.90 Å². The van der Waals surface area contributed by atoms with Crippen LogP contribution in [0.5, 0.6) is 0 Å². The summed E-state index contributed by atoms with van der Waals surface area (Å²) in [5, 5.41) is 3.27. The average molecular weight is 310 g/mol. The lowest BCUT2D eigenvalue weighted by molar-refractivity contribution is -0.134. The van der Waals surface area contributed by atoms with E-state index in [1.807, 2.05) is 0 Å². The molecule has 3 N–H and O–H groups in total. The molecule has 1 spiro atoms. The van der Waals surface area contributed by atoms with Crippen LogP contribution in [-0.2, 0) is 16.1 Å². The van der Waals surface area contributed by atoms with Gasteiger partial charge in [-0.05, 0) is 17.7 Å². The largest absolute Gasteiger partial charge is 0.398 e. The number of nitrogens with zero attached hydrogens (tertiary/aromatic N) is 1. The molecular weight excluding hydrogens is 294 g/mol. The van der Waals surface area contributed by atoms with E-state index in [-0.39, 0.29) is 18.5 Å². The first-order chi connectivity index (χ1) is 10.0. The second-order valence-corrected chi connectivity index (χ2v) is 5.78. The van der Waals surface area contributed by atoms with Crippen molar-refractivity contribution in [2.75, 3.05) is 18.9 Å². The number of benzene rings is 1. The Hall–Kier alpha value is -1.79. The summed E-state index contributed by atoms with van der Waals surface area (Å²) in [6.45, 7) is 1.15. The quantitative estimate of drug-likeness (QED) is 0.641. The number of carbonyl (C=O) groups excluding carboxylic acids is 2. The summed E-state index contributed by atoms with van der Waals surface area (Å²) in [6, 6.07) is 4.73. The predicted molar refractivity (Wildman–Crippen MR) is 77.7 cm³/mol. The zero-order valence-electron chi connectivity index (χ0n) is 11.4. The van der Waals surface area contributed by atoms with Crippen LogP contribution in [0.4, 0.5) is 10.5 Å². The molecule has 112 valence electrons. The van der Waals surface area contributed by atoms with E-state index in [4.69, 9.17) is 22.1 Å². The van der Waals surface area contributed by atoms with Crippen LogP contribution in [0.2, 0.25) is 5.02 Å². The topological polar surface area (TPSA) is 84.7 Å². The van der Waals surface area contributed by atoms with E-state index in [9.17, 15) is 9.59 Å². The Bertz CT molecular complexity index is 599. The molecule has 7 heteroatoms. The SMILES string of the molecule is Nc1cc(CN2C(=O)NC3(CCOCC3)C2=O)ccc1Cl. The van der Waals surface area contributed by atoms with Gasteiger partial charge in [-0.2, -0.15) is 0 Å². The fourth-order valence-corrected chi connectivity index (χ4v) is 2.87. The number of rotatable bonds is 2. The first kappa shape index (κ1) is 14.2. The van der Waals surface area contributed by atoms with E-state index in [0.29, 0.717) is 36.8 Å². The van der Waals surface area contributed by atoms with Crippen LogP contribution in [0.1, 0.15) is 18.4 Å². The van der Waals surface area contributed by atoms with Gasteiger partial charge >= 0.3 is 6.03 Å². The van der Waals surface area contributed by atoms with Gasteiger partial charge in [0.1, 0.15) is 5.54 Å². The van der Waals surface area contributed by atoms with E-state index < -0.39 is 5.54 Å². The van der Waals surface area contributed by atoms with Gasteiger partial charge in [0.25, 0.3) is 5.91 Å². The fraction of sp³-hybridized carbons (Fsp3) is 0.429. The van der Waals surface area contributed by atoms with Crippen molar-refractivity contribution >= 4 is 29.2 Å². The lowest BCUT2D eigenvalue weighted by atomic mass is 9.90. The number of amides is 3. The highest BCUT2D eigenvalue weighted by Gasteiger charge is 2.51. The van der Waals surface area contributed by atoms with E-state index in [0.717, 1.165) is 5.56 Å². The molecule has 0 unspecified atom stereocenters. The normalized spacial score (nSPS) is 20.9. The van der Waals surface area contributed by atoms with Gasteiger partial charge in [0.15, 0.2) is 0 Å². The Morgan fingerprint density at radius 2 is 2.05 bits per heavy atom. The Morgan fingerprint density at radius 3 is 2.71 bits per heavy atom. The van der Waals surface area contributed by atoms with Crippen molar-refractivity contribution in [3.8, 4) is 0 Å². The van der Waals surface area contributed by atoms with Crippen LogP contribution in [0, 0.1) is 0 Å². The number of nitrogens with one attached hydrogen (secondary N) is 1. The molecule has 1 aromatic rings. The number of halogens is 1. The van der Waals surface area contributed by atoms with Crippen LogP contribution >= 0.6 is 11.6 Å². The highest BCUT2D eigenvalue weighted by atomic mass is 35.5. The molecule has 0 bridgehead atoms. The Morgan fingerprint density at radius 1 is 1.33 bits per heavy atom. The Kier molecular flexibility index (Phi) is 3.51. The second kappa shape index (κ2) is 5.20. The molecule has 0 atom stereocenters. The molecule has 2 heterocycles. The van der Waals surface area contributed by atoms with Gasteiger partial charge in [-0.3, -0.25) is 9.69 Å². The average Bonchev–Trinajstić information content (AvgIpc) is 2.68. The van der Waals surface area contributed by atoms with Gasteiger partial charge in [0.2, 0.25) is 0 Å². The van der Waals surface area contributed by atoms with Gasteiger partial charge in [-0.15, -0.1) is 0 Å². The molecule has 2 fully saturated rings. The van der Waals surface area contributed by atoms with Gasteiger partial charge < -0.3 is 15.8 Å². The number of carbonyl (C=O) groups is 2. The monoisotopic (exact) mass is 309 g/mol. The number of anilines is 1. The molecule has 2 saturated heterocycles. The van der Waals surface area contributed by atoms with Gasteiger partial charge in [0, 0.05) is 26.1 Å². The summed E-state index contributed by atoms with van der Waals surface area (Å²) >= 11 is 5.87. The number of imide groups is 1. The minimum Gasteiger partial charge on any atom is -0.398 e. The van der Waals surface area contributed by atoms with Crippen molar-refractivity contribution in [3.05, 3.63) is 28.8 Å². The summed E-state index contributed by atoms with van der Waals surface area (Å²) in [4.78, 5) is 25.9. The lowest BCUT2D eigenvalue weighted by Crippen LogP contribution is -2.51. The Labute approximate surface area is 127 Å². The standard InChI is InChI=1S/C14H16ClN3O3/c15-10-2-1-9(7-11(10)16)8-18-12(19)14(17-13(18)20)3-5-21-6-4-14/h1-2,7H,3-6,8,16H2,(H,17,20). The smallest absolute Gasteiger partial charge is 0.325 e. The fourth-order valence-electron chi connectivity index (χ4n) is 2.75.